The van der Waals surface area contributed by atoms with E-state index in [0.29, 0.717) is 39.9 Å². The zero-order valence-corrected chi connectivity index (χ0v) is 20.1. The van der Waals surface area contributed by atoms with Crippen LogP contribution in [0.2, 0.25) is 0 Å². The number of hydrogen-bond donors (Lipinski definition) is 1. The van der Waals surface area contributed by atoms with Crippen molar-refractivity contribution in [2.75, 3.05) is 34.2 Å². The van der Waals surface area contributed by atoms with Gasteiger partial charge in [-0.25, -0.2) is 0 Å². The molecular weight excluding hydrogens is 434 g/mol. The van der Waals surface area contributed by atoms with E-state index in [-0.39, 0.29) is 23.9 Å². The average Bonchev–Trinajstić information content (AvgIpc) is 2.80. The van der Waals surface area contributed by atoms with Crippen LogP contribution < -0.4 is 5.11 Å². The van der Waals surface area contributed by atoms with Crippen molar-refractivity contribution in [1.29, 1.82) is 0 Å². The molecule has 5 nitrogen and oxygen atoms in total. The molecule has 0 fully saturated rings. The number of allylic oxidation sites excluding steroid dienone is 2. The van der Waals surface area contributed by atoms with Crippen molar-refractivity contribution in [3.8, 4) is 11.5 Å². The predicted octanol–water partition coefficient (Wildman–Crippen LogP) is 4.49. The number of aromatic hydroxyl groups is 1. The number of phenolic OH excluding ortho intramolecular Hbond substituents is 1. The van der Waals surface area contributed by atoms with Crippen LogP contribution in [-0.2, 0) is 6.54 Å². The predicted molar refractivity (Wildman–Crippen MR) is 137 cm³/mol. The first-order chi connectivity index (χ1) is 15.4. The summed E-state index contributed by atoms with van der Waals surface area (Å²) in [6.07, 6.45) is 4.56. The minimum absolute atomic E-state index is 0. The number of phenols is 1. The largest absolute Gasteiger partial charge is 0.872 e. The smallest absolute Gasteiger partial charge is 0.133 e. The number of nitrogens with zero attached hydrogens (tertiary/aromatic N) is 3. The van der Waals surface area contributed by atoms with Crippen LogP contribution in [-0.4, -0.2) is 55.2 Å². The van der Waals surface area contributed by atoms with Crippen molar-refractivity contribution in [3.63, 3.8) is 0 Å². The van der Waals surface area contributed by atoms with E-state index in [0.717, 1.165) is 24.0 Å². The summed E-state index contributed by atoms with van der Waals surface area (Å²) in [5, 5.41) is 25.3. The maximum absolute atomic E-state index is 13.2. The van der Waals surface area contributed by atoms with E-state index in [9.17, 15) is 10.2 Å². The first-order valence-corrected chi connectivity index (χ1v) is 10.9. The number of halogens is 1. The lowest BCUT2D eigenvalue weighted by Gasteiger charge is -2.30. The summed E-state index contributed by atoms with van der Waals surface area (Å²) in [4.78, 5) is 9.04. The van der Waals surface area contributed by atoms with E-state index in [1.165, 1.54) is 5.56 Å². The van der Waals surface area contributed by atoms with E-state index in [1.54, 1.807) is 25.2 Å². The molecule has 0 saturated carbocycles. The van der Waals surface area contributed by atoms with Crippen molar-refractivity contribution < 1.29 is 14.7 Å². The van der Waals surface area contributed by atoms with Gasteiger partial charge >= 0.3 is 0 Å². The fraction of sp³-hybridized carbons (Fsp3) is 0.259. The topological polar surface area (TPSA) is 68.0 Å². The maximum Gasteiger partial charge on any atom is 0.133 e. The van der Waals surface area contributed by atoms with Crippen molar-refractivity contribution in [2.45, 2.75) is 13.0 Å². The standard InChI is InChI=1S/C27H29N3O2.ClH/c1-28-22-14-15-23(25-24(22)26(31)20-12-7-8-13-21(20)27(25)32)29-16-9-17-30(2,3)18-19-10-5-4-6-11-19;/h4-8,10-15H,9,16-18H2,1-3H3,(H-,28,29,31,32);1H. The van der Waals surface area contributed by atoms with E-state index in [4.69, 9.17) is 4.99 Å². The van der Waals surface area contributed by atoms with Gasteiger partial charge in [0.25, 0.3) is 0 Å². The third-order valence-electron chi connectivity index (χ3n) is 5.95. The molecule has 6 heteroatoms. The van der Waals surface area contributed by atoms with Gasteiger partial charge in [-0.05, 0) is 17.5 Å². The van der Waals surface area contributed by atoms with Gasteiger partial charge in [-0.15, -0.1) is 12.4 Å². The lowest BCUT2D eigenvalue weighted by atomic mass is 9.88. The Morgan fingerprint density at radius 1 is 0.879 bits per heavy atom. The molecule has 0 aliphatic heterocycles. The van der Waals surface area contributed by atoms with Crippen LogP contribution in [0.4, 0.5) is 0 Å². The highest BCUT2D eigenvalue weighted by Crippen LogP contribution is 2.40. The molecular formula is C27H30ClN3O2. The second kappa shape index (κ2) is 10.2. The fourth-order valence-corrected chi connectivity index (χ4v) is 4.38. The molecule has 1 N–H and O–H groups in total. The molecule has 0 saturated heterocycles. The van der Waals surface area contributed by atoms with Crippen molar-refractivity contribution in [3.05, 3.63) is 83.4 Å². The normalized spacial score (nSPS) is 15.6. The Hall–Kier alpha value is -3.15. The number of quaternary nitrogens is 1. The summed E-state index contributed by atoms with van der Waals surface area (Å²) in [5.74, 6) is -0.0219. The minimum atomic E-state index is -0.119. The van der Waals surface area contributed by atoms with E-state index < -0.39 is 0 Å². The Morgan fingerprint density at radius 2 is 1.52 bits per heavy atom. The molecule has 0 atom stereocenters. The zero-order valence-electron chi connectivity index (χ0n) is 19.3. The van der Waals surface area contributed by atoms with Gasteiger partial charge in [-0.2, -0.15) is 0 Å². The van der Waals surface area contributed by atoms with E-state index in [2.05, 4.69) is 43.4 Å². The molecule has 4 rings (SSSR count). The molecule has 3 aromatic rings. The lowest BCUT2D eigenvalue weighted by Crippen LogP contribution is -2.39. The van der Waals surface area contributed by atoms with Crippen LogP contribution >= 0.6 is 12.4 Å². The monoisotopic (exact) mass is 463 g/mol. The molecule has 3 aromatic carbocycles. The van der Waals surface area contributed by atoms with Crippen LogP contribution in [0.15, 0.2) is 76.7 Å². The highest BCUT2D eigenvalue weighted by atomic mass is 35.5. The highest BCUT2D eigenvalue weighted by Gasteiger charge is 2.23. The summed E-state index contributed by atoms with van der Waals surface area (Å²) in [6.45, 7) is 2.55. The van der Waals surface area contributed by atoms with Crippen LogP contribution in [0.3, 0.4) is 0 Å². The molecule has 1 aliphatic carbocycles. The number of benzene rings is 3. The molecule has 0 bridgehead atoms. The van der Waals surface area contributed by atoms with Gasteiger partial charge in [0.2, 0.25) is 0 Å². The number of aliphatic imine (C=N–C) groups is 2. The second-order valence-corrected chi connectivity index (χ2v) is 8.84. The molecule has 33 heavy (non-hydrogen) atoms. The molecule has 172 valence electrons. The summed E-state index contributed by atoms with van der Waals surface area (Å²) >= 11 is 0. The van der Waals surface area contributed by atoms with Crippen molar-refractivity contribution in [1.82, 2.24) is 0 Å². The van der Waals surface area contributed by atoms with Crippen molar-refractivity contribution in [2.24, 2.45) is 9.98 Å². The number of hydrogen-bond acceptors (Lipinski definition) is 4. The number of rotatable bonds is 6. The van der Waals surface area contributed by atoms with E-state index in [1.807, 2.05) is 24.3 Å². The SMILES string of the molecule is CN=C1C=CC(=NCCC[N+](C)(C)Cc2ccccc2)c2c1c([O-])c1ccccc1c2O.Cl. The summed E-state index contributed by atoms with van der Waals surface area (Å²) in [5.41, 5.74) is 3.46. The van der Waals surface area contributed by atoms with Crippen LogP contribution in [0.1, 0.15) is 23.1 Å². The molecule has 0 unspecified atom stereocenters. The summed E-state index contributed by atoms with van der Waals surface area (Å²) < 4.78 is 0.870. The van der Waals surface area contributed by atoms with Gasteiger partial charge in [-0.3, -0.25) is 9.98 Å². The molecule has 0 heterocycles. The van der Waals surface area contributed by atoms with Gasteiger partial charge in [0, 0.05) is 36.5 Å². The molecule has 0 amide bonds. The number of fused-ring (bicyclic) bond motifs is 2. The van der Waals surface area contributed by atoms with E-state index >= 15 is 0 Å². The Labute approximate surface area is 201 Å². The maximum atomic E-state index is 13.2. The fourth-order valence-electron chi connectivity index (χ4n) is 4.38. The lowest BCUT2D eigenvalue weighted by molar-refractivity contribution is -0.903. The molecule has 0 radical (unpaired) electrons. The quantitative estimate of drug-likeness (QED) is 0.432. The van der Waals surface area contributed by atoms with Crippen LogP contribution in [0.5, 0.6) is 11.5 Å². The first kappa shape index (κ1) is 24.5. The van der Waals surface area contributed by atoms with Gasteiger partial charge in [0.1, 0.15) is 12.3 Å². The Bertz CT molecular complexity index is 1230. The zero-order chi connectivity index (χ0) is 22.7. The van der Waals surface area contributed by atoms with Gasteiger partial charge in [0.15, 0.2) is 0 Å². The third kappa shape index (κ3) is 5.10. The Morgan fingerprint density at radius 3 is 2.21 bits per heavy atom. The molecule has 0 spiro atoms. The van der Waals surface area contributed by atoms with Crippen LogP contribution in [0.25, 0.3) is 10.8 Å². The van der Waals surface area contributed by atoms with Gasteiger partial charge < -0.3 is 14.7 Å². The Kier molecular flexibility index (Phi) is 7.57. The molecule has 0 aromatic heterocycles. The Balaban J connectivity index is 0.00000306. The van der Waals surface area contributed by atoms with Crippen LogP contribution in [0, 0.1) is 0 Å². The average molecular weight is 464 g/mol. The molecule has 1 aliphatic rings. The summed E-state index contributed by atoms with van der Waals surface area (Å²) in [7, 11) is 6.10. The summed E-state index contributed by atoms with van der Waals surface area (Å²) in [6, 6.07) is 17.6. The highest BCUT2D eigenvalue weighted by molar-refractivity contribution is 6.30. The minimum Gasteiger partial charge on any atom is -0.872 e. The second-order valence-electron chi connectivity index (χ2n) is 8.84. The third-order valence-corrected chi connectivity index (χ3v) is 5.95. The van der Waals surface area contributed by atoms with Crippen molar-refractivity contribution >= 4 is 34.6 Å². The van der Waals surface area contributed by atoms with Gasteiger partial charge in [0.05, 0.1) is 37.6 Å². The van der Waals surface area contributed by atoms with Gasteiger partial charge in [-0.1, -0.05) is 60.3 Å². The first-order valence-electron chi connectivity index (χ1n) is 10.9.